The standard InChI is InChI=1S/C22H34N4O2/c1-17-7-6-8-18(2)22(17)23-20(27)15-24-11-13-25(14-12-24)21(28)16-26-10-5-4-9-19(26)3/h6-8,19H,4-5,9-16H2,1-3H3,(H,23,27)/p+2/t19-/m0/s1. The van der Waals surface area contributed by atoms with E-state index in [4.69, 9.17) is 0 Å². The number of hydrogen-bond donors (Lipinski definition) is 3. The Bertz CT molecular complexity index is 678. The lowest BCUT2D eigenvalue weighted by molar-refractivity contribution is -0.921. The second-order valence-corrected chi connectivity index (χ2v) is 8.60. The van der Waals surface area contributed by atoms with E-state index in [1.165, 1.54) is 29.1 Å². The quantitative estimate of drug-likeness (QED) is 0.633. The number of nitrogens with one attached hydrogen (secondary N) is 3. The number of benzene rings is 1. The minimum atomic E-state index is 0.0544. The minimum absolute atomic E-state index is 0.0544. The van der Waals surface area contributed by atoms with E-state index in [1.807, 2.05) is 36.9 Å². The minimum Gasteiger partial charge on any atom is -0.327 e. The zero-order valence-electron chi connectivity index (χ0n) is 17.6. The number of quaternary nitrogens is 2. The Kier molecular flexibility index (Phi) is 7.08. The summed E-state index contributed by atoms with van der Waals surface area (Å²) in [5.41, 5.74) is 3.11. The summed E-state index contributed by atoms with van der Waals surface area (Å²) in [6, 6.07) is 6.64. The number of nitrogens with zero attached hydrogens (tertiary/aromatic N) is 1. The van der Waals surface area contributed by atoms with Crippen LogP contribution in [0.1, 0.15) is 37.3 Å². The van der Waals surface area contributed by atoms with Gasteiger partial charge in [0.05, 0.1) is 38.8 Å². The molecule has 28 heavy (non-hydrogen) atoms. The number of amides is 2. The lowest BCUT2D eigenvalue weighted by Gasteiger charge is -2.34. The van der Waals surface area contributed by atoms with E-state index in [2.05, 4.69) is 12.2 Å². The third kappa shape index (κ3) is 5.32. The first-order valence-corrected chi connectivity index (χ1v) is 10.8. The van der Waals surface area contributed by atoms with E-state index in [1.54, 1.807) is 0 Å². The van der Waals surface area contributed by atoms with Crippen molar-refractivity contribution < 1.29 is 19.4 Å². The van der Waals surface area contributed by atoms with Gasteiger partial charge in [0.1, 0.15) is 0 Å². The van der Waals surface area contributed by atoms with Gasteiger partial charge in [-0.2, -0.15) is 0 Å². The van der Waals surface area contributed by atoms with E-state index < -0.39 is 0 Å². The summed E-state index contributed by atoms with van der Waals surface area (Å²) in [5, 5.41) is 3.08. The number of aryl methyl sites for hydroxylation is 2. The fraction of sp³-hybridized carbons (Fsp3) is 0.636. The third-order valence-corrected chi connectivity index (χ3v) is 6.44. The van der Waals surface area contributed by atoms with Gasteiger partial charge in [-0.3, -0.25) is 9.59 Å². The Morgan fingerprint density at radius 3 is 2.39 bits per heavy atom. The topological polar surface area (TPSA) is 58.3 Å². The Balaban J connectivity index is 1.43. The summed E-state index contributed by atoms with van der Waals surface area (Å²) in [5.74, 6) is 0.335. The summed E-state index contributed by atoms with van der Waals surface area (Å²) < 4.78 is 0. The van der Waals surface area contributed by atoms with Crippen LogP contribution in [0, 0.1) is 13.8 Å². The SMILES string of the molecule is Cc1cccc(C)c1NC(=O)C[NH+]1CCN(C(=O)C[NH+]2CCCC[C@@H]2C)CC1. The molecule has 0 bridgehead atoms. The highest BCUT2D eigenvalue weighted by Gasteiger charge is 2.30. The van der Waals surface area contributed by atoms with Crippen LogP contribution in [0.15, 0.2) is 18.2 Å². The molecule has 0 saturated carbocycles. The predicted octanol–water partition coefficient (Wildman–Crippen LogP) is -0.574. The summed E-state index contributed by atoms with van der Waals surface area (Å²) in [4.78, 5) is 29.9. The Morgan fingerprint density at radius 2 is 1.75 bits per heavy atom. The van der Waals surface area contributed by atoms with Crippen LogP contribution in [0.2, 0.25) is 0 Å². The number of para-hydroxylation sites is 1. The molecular formula is C22H36N4O2+2. The van der Waals surface area contributed by atoms with Crippen LogP contribution in [0.5, 0.6) is 0 Å². The van der Waals surface area contributed by atoms with Crippen molar-refractivity contribution >= 4 is 17.5 Å². The molecule has 0 radical (unpaired) electrons. The number of likely N-dealkylation sites (tertiary alicyclic amines) is 1. The molecule has 2 aliphatic rings. The van der Waals surface area contributed by atoms with Crippen LogP contribution in [-0.4, -0.2) is 68.6 Å². The zero-order chi connectivity index (χ0) is 20.1. The summed E-state index contributed by atoms with van der Waals surface area (Å²) >= 11 is 0. The van der Waals surface area contributed by atoms with Crippen molar-refractivity contribution in [1.82, 2.24) is 4.90 Å². The molecule has 1 aromatic rings. The van der Waals surface area contributed by atoms with Crippen LogP contribution >= 0.6 is 0 Å². The molecule has 3 N–H and O–H groups in total. The first-order valence-electron chi connectivity index (χ1n) is 10.8. The van der Waals surface area contributed by atoms with E-state index >= 15 is 0 Å². The number of carbonyl (C=O) groups is 2. The maximum absolute atomic E-state index is 12.7. The number of hydrogen-bond acceptors (Lipinski definition) is 2. The predicted molar refractivity (Wildman–Crippen MR) is 111 cm³/mol. The summed E-state index contributed by atoms with van der Waals surface area (Å²) in [7, 11) is 0. The van der Waals surface area contributed by atoms with E-state index in [-0.39, 0.29) is 11.8 Å². The lowest BCUT2D eigenvalue weighted by Crippen LogP contribution is -3.18. The van der Waals surface area contributed by atoms with Gasteiger partial charge < -0.3 is 20.0 Å². The molecule has 154 valence electrons. The highest BCUT2D eigenvalue weighted by Crippen LogP contribution is 2.18. The number of piperazine rings is 1. The highest BCUT2D eigenvalue weighted by molar-refractivity contribution is 5.93. The molecule has 2 aliphatic heterocycles. The zero-order valence-corrected chi connectivity index (χ0v) is 17.6. The van der Waals surface area contributed by atoms with Crippen molar-refractivity contribution in [2.75, 3.05) is 51.1 Å². The van der Waals surface area contributed by atoms with Gasteiger partial charge in [-0.05, 0) is 51.2 Å². The van der Waals surface area contributed by atoms with Gasteiger partial charge in [-0.1, -0.05) is 18.2 Å². The molecule has 2 atom stereocenters. The fourth-order valence-electron chi connectivity index (χ4n) is 4.49. The maximum atomic E-state index is 12.7. The maximum Gasteiger partial charge on any atom is 0.279 e. The monoisotopic (exact) mass is 388 g/mol. The molecule has 1 aromatic carbocycles. The number of anilines is 1. The van der Waals surface area contributed by atoms with Gasteiger partial charge >= 0.3 is 0 Å². The van der Waals surface area contributed by atoms with Gasteiger partial charge in [0, 0.05) is 5.69 Å². The summed E-state index contributed by atoms with van der Waals surface area (Å²) in [6.45, 7) is 11.7. The number of rotatable bonds is 5. The van der Waals surface area contributed by atoms with Crippen molar-refractivity contribution in [1.29, 1.82) is 0 Å². The van der Waals surface area contributed by atoms with Crippen LogP contribution < -0.4 is 15.1 Å². The normalized spacial score (nSPS) is 23.5. The number of carbonyl (C=O) groups excluding carboxylic acids is 2. The summed E-state index contributed by atoms with van der Waals surface area (Å²) in [6.07, 6.45) is 3.77. The molecule has 0 aliphatic carbocycles. The van der Waals surface area contributed by atoms with Gasteiger partial charge in [0.2, 0.25) is 0 Å². The molecular weight excluding hydrogens is 352 g/mol. The van der Waals surface area contributed by atoms with Crippen LogP contribution in [-0.2, 0) is 9.59 Å². The van der Waals surface area contributed by atoms with Crippen molar-refractivity contribution in [3.63, 3.8) is 0 Å². The second kappa shape index (κ2) is 9.52. The van der Waals surface area contributed by atoms with Crippen molar-refractivity contribution in [2.45, 2.75) is 46.1 Å². The molecule has 3 rings (SSSR count). The van der Waals surface area contributed by atoms with Crippen LogP contribution in [0.3, 0.4) is 0 Å². The molecule has 0 aromatic heterocycles. The molecule has 1 unspecified atom stereocenters. The first-order chi connectivity index (χ1) is 13.4. The van der Waals surface area contributed by atoms with E-state index in [9.17, 15) is 9.59 Å². The molecule has 0 spiro atoms. The Labute approximate surface area is 168 Å². The Morgan fingerprint density at radius 1 is 1.07 bits per heavy atom. The van der Waals surface area contributed by atoms with E-state index in [0.717, 1.165) is 49.5 Å². The van der Waals surface area contributed by atoms with Crippen molar-refractivity contribution in [3.8, 4) is 0 Å². The fourth-order valence-corrected chi connectivity index (χ4v) is 4.49. The average molecular weight is 389 g/mol. The highest BCUT2D eigenvalue weighted by atomic mass is 16.2. The second-order valence-electron chi connectivity index (χ2n) is 8.60. The molecule has 2 saturated heterocycles. The number of piperidine rings is 1. The van der Waals surface area contributed by atoms with Gasteiger partial charge in [-0.25, -0.2) is 0 Å². The molecule has 6 nitrogen and oxygen atoms in total. The molecule has 2 heterocycles. The van der Waals surface area contributed by atoms with Gasteiger partial charge in [-0.15, -0.1) is 0 Å². The third-order valence-electron chi connectivity index (χ3n) is 6.44. The van der Waals surface area contributed by atoms with Crippen LogP contribution in [0.25, 0.3) is 0 Å². The van der Waals surface area contributed by atoms with Gasteiger partial charge in [0.25, 0.3) is 11.8 Å². The average Bonchev–Trinajstić information content (AvgIpc) is 2.67. The van der Waals surface area contributed by atoms with E-state index in [0.29, 0.717) is 19.1 Å². The van der Waals surface area contributed by atoms with Crippen molar-refractivity contribution in [3.05, 3.63) is 29.3 Å². The smallest absolute Gasteiger partial charge is 0.279 e. The molecule has 6 heteroatoms. The Hall–Kier alpha value is -1.92. The molecule has 2 fully saturated rings. The molecule has 2 amide bonds. The first kappa shape index (κ1) is 20.8. The largest absolute Gasteiger partial charge is 0.327 e. The van der Waals surface area contributed by atoms with Crippen LogP contribution in [0.4, 0.5) is 5.69 Å². The van der Waals surface area contributed by atoms with Crippen molar-refractivity contribution in [2.24, 2.45) is 0 Å². The lowest BCUT2D eigenvalue weighted by atomic mass is 10.0. The van der Waals surface area contributed by atoms with Gasteiger partial charge in [0.15, 0.2) is 13.1 Å².